The van der Waals surface area contributed by atoms with Crippen LogP contribution in [0.3, 0.4) is 0 Å². The van der Waals surface area contributed by atoms with Gasteiger partial charge in [-0.15, -0.1) is 0 Å². The molecule has 0 unspecified atom stereocenters. The topological polar surface area (TPSA) is 29.5 Å². The van der Waals surface area contributed by atoms with E-state index in [4.69, 9.17) is 4.74 Å². The summed E-state index contributed by atoms with van der Waals surface area (Å²) < 4.78 is 46.1. The highest BCUT2D eigenvalue weighted by Crippen LogP contribution is 2.33. The Bertz CT molecular complexity index is 1260. The van der Waals surface area contributed by atoms with Gasteiger partial charge in [0.2, 0.25) is 0 Å². The van der Waals surface area contributed by atoms with Crippen molar-refractivity contribution in [1.82, 2.24) is 4.90 Å². The number of benzene rings is 4. The van der Waals surface area contributed by atoms with Crippen LogP contribution in [0.2, 0.25) is 0 Å². The Balaban J connectivity index is 1.75. The number of rotatable bonds is 6. The number of hydrogen-bond donors (Lipinski definition) is 0. The van der Waals surface area contributed by atoms with Crippen molar-refractivity contribution in [3.8, 4) is 5.75 Å². The van der Waals surface area contributed by atoms with Crippen molar-refractivity contribution < 1.29 is 22.7 Å². The quantitative estimate of drug-likeness (QED) is 0.327. The standard InChI is InChI=1S/C27H22F3NO2/c1-33-22-15-13-19(14-16-22)17-31(18-21-9-6-8-20-7-2-3-10-23(20)21)26(32)24-11-4-5-12-25(24)27(28,29)30/h2-16H,17-18H2,1H3. The van der Waals surface area contributed by atoms with E-state index in [9.17, 15) is 18.0 Å². The van der Waals surface area contributed by atoms with Gasteiger partial charge in [0.1, 0.15) is 5.75 Å². The molecule has 168 valence electrons. The molecule has 4 aromatic rings. The van der Waals surface area contributed by atoms with Crippen LogP contribution in [-0.2, 0) is 19.3 Å². The van der Waals surface area contributed by atoms with Gasteiger partial charge in [-0.05, 0) is 46.2 Å². The van der Waals surface area contributed by atoms with Gasteiger partial charge in [0.15, 0.2) is 0 Å². The smallest absolute Gasteiger partial charge is 0.417 e. The molecule has 33 heavy (non-hydrogen) atoms. The summed E-state index contributed by atoms with van der Waals surface area (Å²) in [6, 6.07) is 25.5. The third-order valence-corrected chi connectivity index (χ3v) is 5.52. The van der Waals surface area contributed by atoms with E-state index >= 15 is 0 Å². The Labute approximate surface area is 190 Å². The molecule has 3 nitrogen and oxygen atoms in total. The monoisotopic (exact) mass is 449 g/mol. The Morgan fingerprint density at radius 1 is 0.818 bits per heavy atom. The first-order valence-corrected chi connectivity index (χ1v) is 10.4. The third-order valence-electron chi connectivity index (χ3n) is 5.52. The summed E-state index contributed by atoms with van der Waals surface area (Å²) >= 11 is 0. The SMILES string of the molecule is COc1ccc(CN(Cc2cccc3ccccc23)C(=O)c2ccccc2C(F)(F)F)cc1. The second-order valence-electron chi connectivity index (χ2n) is 7.69. The number of hydrogen-bond acceptors (Lipinski definition) is 2. The third kappa shape index (κ3) is 5.00. The summed E-state index contributed by atoms with van der Waals surface area (Å²) in [5.41, 5.74) is 0.347. The van der Waals surface area contributed by atoms with Gasteiger partial charge in [-0.3, -0.25) is 4.79 Å². The van der Waals surface area contributed by atoms with Crippen LogP contribution in [-0.4, -0.2) is 17.9 Å². The van der Waals surface area contributed by atoms with E-state index in [0.29, 0.717) is 5.75 Å². The number of carbonyl (C=O) groups excluding carboxylic acids is 1. The number of amides is 1. The van der Waals surface area contributed by atoms with E-state index in [2.05, 4.69) is 0 Å². The number of carbonyl (C=O) groups is 1. The van der Waals surface area contributed by atoms with E-state index in [1.54, 1.807) is 31.4 Å². The molecule has 4 rings (SSSR count). The van der Waals surface area contributed by atoms with Crippen molar-refractivity contribution in [1.29, 1.82) is 0 Å². The van der Waals surface area contributed by atoms with Crippen molar-refractivity contribution in [2.75, 3.05) is 7.11 Å². The maximum absolute atomic E-state index is 13.6. The second kappa shape index (κ2) is 9.36. The number of nitrogens with zero attached hydrogens (tertiary/aromatic N) is 1. The van der Waals surface area contributed by atoms with Crippen molar-refractivity contribution in [2.45, 2.75) is 19.3 Å². The molecule has 1 amide bonds. The fraction of sp³-hybridized carbons (Fsp3) is 0.148. The zero-order valence-corrected chi connectivity index (χ0v) is 18.0. The van der Waals surface area contributed by atoms with Gasteiger partial charge < -0.3 is 9.64 Å². The van der Waals surface area contributed by atoms with Crippen LogP contribution in [0, 0.1) is 0 Å². The molecule has 0 fully saturated rings. The molecule has 0 aliphatic rings. The van der Waals surface area contributed by atoms with Crippen molar-refractivity contribution in [2.24, 2.45) is 0 Å². The second-order valence-corrected chi connectivity index (χ2v) is 7.69. The molecule has 0 aliphatic heterocycles. The fourth-order valence-electron chi connectivity index (χ4n) is 3.87. The molecular weight excluding hydrogens is 427 g/mol. The average molecular weight is 449 g/mol. The predicted molar refractivity (Wildman–Crippen MR) is 122 cm³/mol. The highest BCUT2D eigenvalue weighted by atomic mass is 19.4. The molecule has 0 saturated carbocycles. The molecule has 6 heteroatoms. The van der Waals surface area contributed by atoms with Gasteiger partial charge in [0.05, 0.1) is 18.2 Å². The number of halogens is 3. The number of fused-ring (bicyclic) bond motifs is 1. The van der Waals surface area contributed by atoms with Crippen molar-refractivity contribution >= 4 is 16.7 Å². The van der Waals surface area contributed by atoms with Crippen LogP contribution >= 0.6 is 0 Å². The summed E-state index contributed by atoms with van der Waals surface area (Å²) in [4.78, 5) is 14.9. The maximum Gasteiger partial charge on any atom is 0.417 e. The Hall–Kier alpha value is -3.80. The van der Waals surface area contributed by atoms with Crippen LogP contribution in [0.1, 0.15) is 27.0 Å². The minimum absolute atomic E-state index is 0.151. The average Bonchev–Trinajstić information content (AvgIpc) is 2.83. The summed E-state index contributed by atoms with van der Waals surface area (Å²) in [5, 5.41) is 1.96. The van der Waals surface area contributed by atoms with Gasteiger partial charge in [-0.1, -0.05) is 66.7 Å². The van der Waals surface area contributed by atoms with Crippen molar-refractivity contribution in [3.63, 3.8) is 0 Å². The van der Waals surface area contributed by atoms with Crippen LogP contribution in [0.5, 0.6) is 5.75 Å². The van der Waals surface area contributed by atoms with E-state index in [1.165, 1.54) is 23.1 Å². The molecule has 0 saturated heterocycles. The van der Waals surface area contributed by atoms with Crippen LogP contribution < -0.4 is 4.74 Å². The lowest BCUT2D eigenvalue weighted by molar-refractivity contribution is -0.138. The minimum Gasteiger partial charge on any atom is -0.497 e. The molecule has 0 aromatic heterocycles. The molecule has 0 heterocycles. The van der Waals surface area contributed by atoms with E-state index in [-0.39, 0.29) is 18.7 Å². The Kier molecular flexibility index (Phi) is 6.36. The first-order chi connectivity index (χ1) is 15.9. The molecule has 0 spiro atoms. The first kappa shape index (κ1) is 22.4. The van der Waals surface area contributed by atoms with Gasteiger partial charge in [-0.2, -0.15) is 13.2 Å². The highest BCUT2D eigenvalue weighted by molar-refractivity contribution is 5.96. The summed E-state index contributed by atoms with van der Waals surface area (Å²) in [6.07, 6.45) is -4.63. The fourth-order valence-corrected chi connectivity index (χ4v) is 3.87. The van der Waals surface area contributed by atoms with Gasteiger partial charge in [-0.25, -0.2) is 0 Å². The van der Waals surface area contributed by atoms with Gasteiger partial charge in [0, 0.05) is 13.1 Å². The first-order valence-electron chi connectivity index (χ1n) is 10.4. The van der Waals surface area contributed by atoms with Gasteiger partial charge in [0.25, 0.3) is 5.91 Å². The van der Waals surface area contributed by atoms with Gasteiger partial charge >= 0.3 is 6.18 Å². The lowest BCUT2D eigenvalue weighted by Gasteiger charge is -2.25. The van der Waals surface area contributed by atoms with Crippen molar-refractivity contribution in [3.05, 3.63) is 113 Å². The molecule has 0 aliphatic carbocycles. The molecular formula is C27H22F3NO2. The molecule has 4 aromatic carbocycles. The Morgan fingerprint density at radius 3 is 2.21 bits per heavy atom. The number of ether oxygens (including phenoxy) is 1. The number of alkyl halides is 3. The molecule has 0 bridgehead atoms. The normalized spacial score (nSPS) is 11.4. The van der Waals surface area contributed by atoms with E-state index in [1.807, 2.05) is 42.5 Å². The Morgan fingerprint density at radius 2 is 1.48 bits per heavy atom. The highest BCUT2D eigenvalue weighted by Gasteiger charge is 2.36. The van der Waals surface area contributed by atoms with Crippen LogP contribution in [0.15, 0.2) is 91.0 Å². The largest absolute Gasteiger partial charge is 0.497 e. The summed E-state index contributed by atoms with van der Waals surface area (Å²) in [7, 11) is 1.55. The summed E-state index contributed by atoms with van der Waals surface area (Å²) in [5.74, 6) is -0.0141. The lowest BCUT2D eigenvalue weighted by Crippen LogP contribution is -2.32. The van der Waals surface area contributed by atoms with Crippen LogP contribution in [0.25, 0.3) is 10.8 Å². The van der Waals surface area contributed by atoms with Crippen LogP contribution in [0.4, 0.5) is 13.2 Å². The lowest BCUT2D eigenvalue weighted by atomic mass is 10.0. The zero-order valence-electron chi connectivity index (χ0n) is 18.0. The summed E-state index contributed by atoms with van der Waals surface area (Å²) in [6.45, 7) is 0.316. The molecule has 0 radical (unpaired) electrons. The van der Waals surface area contributed by atoms with E-state index < -0.39 is 17.6 Å². The number of methoxy groups -OCH3 is 1. The maximum atomic E-state index is 13.6. The predicted octanol–water partition coefficient (Wildman–Crippen LogP) is 6.71. The van der Waals surface area contributed by atoms with E-state index in [0.717, 1.165) is 28.0 Å². The zero-order chi connectivity index (χ0) is 23.4. The molecule has 0 N–H and O–H groups in total. The molecule has 0 atom stereocenters. The minimum atomic E-state index is -4.63.